The minimum atomic E-state index is -0.532. The Labute approximate surface area is 150 Å². The van der Waals surface area contributed by atoms with Crippen LogP contribution >= 0.6 is 0 Å². The molecule has 0 bridgehead atoms. The van der Waals surface area contributed by atoms with Gasteiger partial charge in [0.1, 0.15) is 5.75 Å². The van der Waals surface area contributed by atoms with E-state index in [2.05, 4.69) is 4.90 Å². The van der Waals surface area contributed by atoms with Crippen molar-refractivity contribution >= 4 is 17.3 Å². The molecule has 26 heavy (non-hydrogen) atoms. The lowest BCUT2D eigenvalue weighted by Gasteiger charge is -2.36. The van der Waals surface area contributed by atoms with Crippen LogP contribution < -0.4 is 9.64 Å². The van der Waals surface area contributed by atoms with Gasteiger partial charge < -0.3 is 19.6 Å². The maximum absolute atomic E-state index is 12.3. The lowest BCUT2D eigenvalue weighted by Crippen LogP contribution is -2.50. The fraction of sp³-hybridized carbons (Fsp3) is 0.278. The number of aromatic hydroxyl groups is 1. The Hall–Kier alpha value is -3.29. The molecular formula is C18H19N3O5. The number of hydrogen-bond donors (Lipinski definition) is 1. The van der Waals surface area contributed by atoms with Gasteiger partial charge in [-0.2, -0.15) is 0 Å². The summed E-state index contributed by atoms with van der Waals surface area (Å²) in [5, 5.41) is 20.3. The molecule has 1 fully saturated rings. The van der Waals surface area contributed by atoms with Gasteiger partial charge in [-0.15, -0.1) is 0 Å². The Morgan fingerprint density at radius 3 is 2.38 bits per heavy atom. The lowest BCUT2D eigenvalue weighted by molar-refractivity contribution is -0.385. The van der Waals surface area contributed by atoms with Crippen LogP contribution in [0, 0.1) is 10.1 Å². The molecular weight excluding hydrogens is 338 g/mol. The van der Waals surface area contributed by atoms with E-state index in [1.807, 2.05) is 12.1 Å². The van der Waals surface area contributed by atoms with Gasteiger partial charge in [0.05, 0.1) is 4.92 Å². The van der Waals surface area contributed by atoms with Crippen molar-refractivity contribution in [3.63, 3.8) is 0 Å². The maximum atomic E-state index is 12.3. The monoisotopic (exact) mass is 357 g/mol. The van der Waals surface area contributed by atoms with E-state index >= 15 is 0 Å². The van der Waals surface area contributed by atoms with E-state index in [-0.39, 0.29) is 29.7 Å². The summed E-state index contributed by atoms with van der Waals surface area (Å²) < 4.78 is 5.36. The molecule has 1 aliphatic heterocycles. The average molecular weight is 357 g/mol. The molecule has 0 atom stereocenters. The zero-order valence-electron chi connectivity index (χ0n) is 14.1. The van der Waals surface area contributed by atoms with Crippen LogP contribution in [0.2, 0.25) is 0 Å². The van der Waals surface area contributed by atoms with Crippen LogP contribution in [0.25, 0.3) is 0 Å². The summed E-state index contributed by atoms with van der Waals surface area (Å²) in [6.45, 7) is 2.19. The Kier molecular flexibility index (Phi) is 5.21. The van der Waals surface area contributed by atoms with E-state index in [1.165, 1.54) is 12.1 Å². The minimum absolute atomic E-state index is 0.0913. The zero-order chi connectivity index (χ0) is 18.5. The predicted molar refractivity (Wildman–Crippen MR) is 95.5 cm³/mol. The summed E-state index contributed by atoms with van der Waals surface area (Å²) in [5.41, 5.74) is 0.837. The molecule has 1 heterocycles. The van der Waals surface area contributed by atoms with Gasteiger partial charge in [-0.05, 0) is 30.3 Å². The summed E-state index contributed by atoms with van der Waals surface area (Å²) in [6, 6.07) is 12.9. The van der Waals surface area contributed by atoms with Crippen LogP contribution in [0.15, 0.2) is 48.5 Å². The molecule has 2 aromatic rings. The van der Waals surface area contributed by atoms with Gasteiger partial charge in [0.25, 0.3) is 5.91 Å². The first-order valence-electron chi connectivity index (χ1n) is 8.22. The molecule has 0 radical (unpaired) electrons. The van der Waals surface area contributed by atoms with Crippen molar-refractivity contribution in [1.82, 2.24) is 4.90 Å². The van der Waals surface area contributed by atoms with Gasteiger partial charge in [0.15, 0.2) is 12.4 Å². The number of phenols is 1. The summed E-state index contributed by atoms with van der Waals surface area (Å²) >= 11 is 0. The van der Waals surface area contributed by atoms with E-state index in [1.54, 1.807) is 29.2 Å². The van der Waals surface area contributed by atoms with Crippen molar-refractivity contribution in [2.24, 2.45) is 0 Å². The number of piperazine rings is 1. The van der Waals surface area contributed by atoms with Gasteiger partial charge in [0.2, 0.25) is 0 Å². The van der Waals surface area contributed by atoms with E-state index in [0.717, 1.165) is 5.69 Å². The Bertz CT molecular complexity index is 786. The average Bonchev–Trinajstić information content (AvgIpc) is 2.67. The smallest absolute Gasteiger partial charge is 0.310 e. The molecule has 3 rings (SSSR count). The highest BCUT2D eigenvalue weighted by Gasteiger charge is 2.22. The molecule has 0 spiro atoms. The number of para-hydroxylation sites is 2. The van der Waals surface area contributed by atoms with Gasteiger partial charge in [-0.25, -0.2) is 0 Å². The number of nitrogens with zero attached hydrogens (tertiary/aromatic N) is 3. The largest absolute Gasteiger partial charge is 0.508 e. The second-order valence-electron chi connectivity index (χ2n) is 5.90. The van der Waals surface area contributed by atoms with Gasteiger partial charge in [0, 0.05) is 37.9 Å². The summed E-state index contributed by atoms with van der Waals surface area (Å²) in [5.74, 6) is 0.108. The van der Waals surface area contributed by atoms with Crippen molar-refractivity contribution < 1.29 is 19.6 Å². The first-order chi connectivity index (χ1) is 12.5. The fourth-order valence-electron chi connectivity index (χ4n) is 2.84. The number of carbonyl (C=O) groups is 1. The molecule has 1 N–H and O–H groups in total. The normalized spacial score (nSPS) is 14.2. The van der Waals surface area contributed by atoms with Crippen molar-refractivity contribution in [2.45, 2.75) is 0 Å². The molecule has 1 aliphatic rings. The predicted octanol–water partition coefficient (Wildman–Crippen LogP) is 2.03. The van der Waals surface area contributed by atoms with Crippen molar-refractivity contribution in [3.05, 3.63) is 58.6 Å². The highest BCUT2D eigenvalue weighted by Crippen LogP contribution is 2.26. The molecule has 0 unspecified atom stereocenters. The quantitative estimate of drug-likeness (QED) is 0.650. The molecule has 8 nitrogen and oxygen atoms in total. The molecule has 1 amide bonds. The molecule has 8 heteroatoms. The number of anilines is 1. The first-order valence-corrected chi connectivity index (χ1v) is 8.22. The maximum Gasteiger partial charge on any atom is 0.310 e. The number of nitro benzene ring substituents is 1. The van der Waals surface area contributed by atoms with Crippen LogP contribution in [0.5, 0.6) is 11.5 Å². The third-order valence-electron chi connectivity index (χ3n) is 4.26. The number of benzene rings is 2. The zero-order valence-corrected chi connectivity index (χ0v) is 14.1. The second-order valence-corrected chi connectivity index (χ2v) is 5.90. The number of nitro groups is 1. The molecule has 136 valence electrons. The Morgan fingerprint density at radius 1 is 1.08 bits per heavy atom. The van der Waals surface area contributed by atoms with E-state index in [9.17, 15) is 20.0 Å². The van der Waals surface area contributed by atoms with E-state index in [4.69, 9.17) is 4.74 Å². The summed E-state index contributed by atoms with van der Waals surface area (Å²) in [7, 11) is 0. The molecule has 0 aromatic heterocycles. The minimum Gasteiger partial charge on any atom is -0.508 e. The third-order valence-corrected chi connectivity index (χ3v) is 4.26. The number of hydrogen-bond acceptors (Lipinski definition) is 6. The van der Waals surface area contributed by atoms with Crippen LogP contribution in [-0.2, 0) is 4.79 Å². The van der Waals surface area contributed by atoms with Crippen LogP contribution in [0.1, 0.15) is 0 Å². The first kappa shape index (κ1) is 17.5. The van der Waals surface area contributed by atoms with E-state index < -0.39 is 4.92 Å². The van der Waals surface area contributed by atoms with Crippen molar-refractivity contribution in [2.75, 3.05) is 37.7 Å². The summed E-state index contributed by atoms with van der Waals surface area (Å²) in [6.07, 6.45) is 0. The van der Waals surface area contributed by atoms with Crippen LogP contribution in [-0.4, -0.2) is 53.6 Å². The number of carbonyl (C=O) groups excluding carboxylic acids is 1. The molecule has 0 saturated carbocycles. The SMILES string of the molecule is O=C(COc1ccccc1[N+](=O)[O-])N1CCN(c2ccc(O)cc2)CC1. The highest BCUT2D eigenvalue weighted by molar-refractivity contribution is 5.78. The van der Waals surface area contributed by atoms with Crippen LogP contribution in [0.3, 0.4) is 0 Å². The second kappa shape index (κ2) is 7.73. The van der Waals surface area contributed by atoms with Gasteiger partial charge in [-0.3, -0.25) is 14.9 Å². The molecule has 0 aliphatic carbocycles. The standard InChI is InChI=1S/C18H19N3O5/c22-15-7-5-14(6-8-15)19-9-11-20(12-10-19)18(23)13-26-17-4-2-1-3-16(17)21(24)25/h1-8,22H,9-13H2. The fourth-order valence-corrected chi connectivity index (χ4v) is 2.84. The highest BCUT2D eigenvalue weighted by atomic mass is 16.6. The van der Waals surface area contributed by atoms with E-state index in [0.29, 0.717) is 26.2 Å². The molecule has 2 aromatic carbocycles. The Morgan fingerprint density at radius 2 is 1.73 bits per heavy atom. The van der Waals surface area contributed by atoms with Crippen molar-refractivity contribution in [3.8, 4) is 11.5 Å². The lowest BCUT2D eigenvalue weighted by atomic mass is 10.2. The number of amides is 1. The summed E-state index contributed by atoms with van der Waals surface area (Å²) in [4.78, 5) is 26.6. The number of ether oxygens (including phenoxy) is 1. The van der Waals surface area contributed by atoms with Crippen LogP contribution in [0.4, 0.5) is 11.4 Å². The van der Waals surface area contributed by atoms with Gasteiger partial charge >= 0.3 is 5.69 Å². The third kappa shape index (κ3) is 4.02. The molecule has 1 saturated heterocycles. The number of rotatable bonds is 5. The topological polar surface area (TPSA) is 96.1 Å². The Balaban J connectivity index is 1.53. The van der Waals surface area contributed by atoms with Gasteiger partial charge in [-0.1, -0.05) is 12.1 Å². The number of phenolic OH excluding ortho intramolecular Hbond substituents is 1. The van der Waals surface area contributed by atoms with Crippen molar-refractivity contribution in [1.29, 1.82) is 0 Å².